The molecular formula is C23H25N3O2. The molecule has 0 saturated heterocycles. The van der Waals surface area contributed by atoms with Crippen LogP contribution in [0.2, 0.25) is 0 Å². The summed E-state index contributed by atoms with van der Waals surface area (Å²) in [5.41, 5.74) is 3.50. The zero-order chi connectivity index (χ0) is 19.9. The summed E-state index contributed by atoms with van der Waals surface area (Å²) in [7, 11) is 1.64. The fourth-order valence-corrected chi connectivity index (χ4v) is 2.92. The van der Waals surface area contributed by atoms with Crippen molar-refractivity contribution in [2.75, 3.05) is 12.4 Å². The van der Waals surface area contributed by atoms with Gasteiger partial charge in [-0.3, -0.25) is 4.79 Å². The van der Waals surface area contributed by atoms with E-state index < -0.39 is 0 Å². The third-order valence-electron chi connectivity index (χ3n) is 4.30. The Morgan fingerprint density at radius 1 is 1.07 bits per heavy atom. The lowest BCUT2D eigenvalue weighted by Gasteiger charge is -2.13. The first kappa shape index (κ1) is 19.5. The van der Waals surface area contributed by atoms with Gasteiger partial charge in [0.2, 0.25) is 5.91 Å². The van der Waals surface area contributed by atoms with Crippen LogP contribution in [0.15, 0.2) is 60.8 Å². The van der Waals surface area contributed by atoms with Gasteiger partial charge in [-0.2, -0.15) is 0 Å². The van der Waals surface area contributed by atoms with Crippen LogP contribution in [0.4, 0.5) is 5.82 Å². The van der Waals surface area contributed by atoms with Gasteiger partial charge in [0.25, 0.3) is 0 Å². The number of hydrogen-bond acceptors (Lipinski definition) is 4. The zero-order valence-electron chi connectivity index (χ0n) is 16.5. The van der Waals surface area contributed by atoms with E-state index in [1.54, 1.807) is 13.3 Å². The van der Waals surface area contributed by atoms with Gasteiger partial charge in [0, 0.05) is 5.56 Å². The molecule has 3 rings (SSSR count). The Labute approximate surface area is 165 Å². The number of aromatic nitrogens is 2. The van der Waals surface area contributed by atoms with Crippen LogP contribution in [0.25, 0.3) is 11.3 Å². The predicted octanol–water partition coefficient (Wildman–Crippen LogP) is 4.53. The molecule has 0 saturated carbocycles. The van der Waals surface area contributed by atoms with E-state index in [1.807, 2.05) is 54.6 Å². The average molecular weight is 375 g/mol. The molecule has 0 atom stereocenters. The molecule has 5 nitrogen and oxygen atoms in total. The van der Waals surface area contributed by atoms with Gasteiger partial charge in [-0.1, -0.05) is 44.2 Å². The van der Waals surface area contributed by atoms with Crippen LogP contribution in [-0.2, 0) is 17.6 Å². The second-order valence-electron chi connectivity index (χ2n) is 7.09. The zero-order valence-corrected chi connectivity index (χ0v) is 16.5. The summed E-state index contributed by atoms with van der Waals surface area (Å²) in [5, 5.41) is 2.93. The molecule has 1 amide bonds. The smallest absolute Gasteiger partial charge is 0.229 e. The van der Waals surface area contributed by atoms with Gasteiger partial charge in [0.1, 0.15) is 5.75 Å². The fourth-order valence-electron chi connectivity index (χ4n) is 2.92. The number of anilines is 1. The van der Waals surface area contributed by atoms with E-state index in [2.05, 4.69) is 24.1 Å². The Hall–Kier alpha value is -3.21. The van der Waals surface area contributed by atoms with Crippen molar-refractivity contribution in [3.63, 3.8) is 0 Å². The van der Waals surface area contributed by atoms with Crippen molar-refractivity contribution in [2.45, 2.75) is 26.7 Å². The highest BCUT2D eigenvalue weighted by Crippen LogP contribution is 2.23. The van der Waals surface area contributed by atoms with Gasteiger partial charge in [-0.15, -0.1) is 0 Å². The molecule has 5 heteroatoms. The van der Waals surface area contributed by atoms with Crippen LogP contribution in [0.3, 0.4) is 0 Å². The molecule has 0 unspecified atom stereocenters. The van der Waals surface area contributed by atoms with Crippen LogP contribution in [0.1, 0.15) is 25.1 Å². The van der Waals surface area contributed by atoms with Gasteiger partial charge < -0.3 is 10.1 Å². The van der Waals surface area contributed by atoms with Gasteiger partial charge in [0.15, 0.2) is 5.82 Å². The number of nitrogens with zero attached hydrogens (tertiary/aromatic N) is 2. The summed E-state index contributed by atoms with van der Waals surface area (Å²) in [6.07, 6.45) is 2.74. The van der Waals surface area contributed by atoms with Crippen molar-refractivity contribution >= 4 is 11.7 Å². The Morgan fingerprint density at radius 2 is 1.79 bits per heavy atom. The lowest BCUT2D eigenvalue weighted by Crippen LogP contribution is -2.18. The summed E-state index contributed by atoms with van der Waals surface area (Å²) in [5.74, 6) is 1.63. The molecule has 0 fully saturated rings. The van der Waals surface area contributed by atoms with Gasteiger partial charge >= 0.3 is 0 Å². The van der Waals surface area contributed by atoms with Crippen molar-refractivity contribution in [1.29, 1.82) is 0 Å². The molecule has 0 aliphatic rings. The van der Waals surface area contributed by atoms with Crippen molar-refractivity contribution in [3.8, 4) is 17.0 Å². The van der Waals surface area contributed by atoms with Crippen molar-refractivity contribution in [2.24, 2.45) is 5.92 Å². The van der Waals surface area contributed by atoms with Crippen molar-refractivity contribution < 1.29 is 9.53 Å². The normalized spacial score (nSPS) is 10.7. The fraction of sp³-hybridized carbons (Fsp3) is 0.261. The number of amides is 1. The van der Waals surface area contributed by atoms with Gasteiger partial charge in [-0.05, 0) is 42.2 Å². The highest BCUT2D eigenvalue weighted by molar-refractivity contribution is 5.92. The van der Waals surface area contributed by atoms with Crippen LogP contribution in [-0.4, -0.2) is 23.0 Å². The summed E-state index contributed by atoms with van der Waals surface area (Å²) >= 11 is 0. The molecule has 0 spiro atoms. The minimum atomic E-state index is -0.0947. The first-order valence-corrected chi connectivity index (χ1v) is 9.39. The van der Waals surface area contributed by atoms with Gasteiger partial charge in [-0.25, -0.2) is 9.97 Å². The minimum absolute atomic E-state index is 0.0947. The number of benzene rings is 2. The summed E-state index contributed by atoms with van der Waals surface area (Å²) in [6.45, 7) is 4.24. The molecular weight excluding hydrogens is 350 g/mol. The number of carbonyl (C=O) groups is 1. The maximum Gasteiger partial charge on any atom is 0.229 e. The predicted molar refractivity (Wildman–Crippen MR) is 111 cm³/mol. The molecule has 1 aromatic heterocycles. The lowest BCUT2D eigenvalue weighted by molar-refractivity contribution is -0.115. The highest BCUT2D eigenvalue weighted by atomic mass is 16.5. The number of hydrogen-bond donors (Lipinski definition) is 1. The maximum atomic E-state index is 12.5. The van der Waals surface area contributed by atoms with E-state index in [-0.39, 0.29) is 5.91 Å². The number of rotatable bonds is 7. The second kappa shape index (κ2) is 9.13. The van der Waals surface area contributed by atoms with Gasteiger partial charge in [0.05, 0.1) is 31.1 Å². The second-order valence-corrected chi connectivity index (χ2v) is 7.09. The van der Waals surface area contributed by atoms with Crippen molar-refractivity contribution in [3.05, 3.63) is 72.1 Å². The topological polar surface area (TPSA) is 64.1 Å². The molecule has 3 aromatic rings. The number of methoxy groups -OCH3 is 1. The van der Waals surface area contributed by atoms with E-state index in [1.165, 1.54) is 0 Å². The van der Waals surface area contributed by atoms with Crippen LogP contribution in [0, 0.1) is 5.92 Å². The molecule has 2 aromatic carbocycles. The Balaban J connectivity index is 1.82. The van der Waals surface area contributed by atoms with Crippen LogP contribution in [0.5, 0.6) is 5.75 Å². The first-order valence-electron chi connectivity index (χ1n) is 9.39. The average Bonchev–Trinajstić information content (AvgIpc) is 2.70. The molecule has 1 heterocycles. The highest BCUT2D eigenvalue weighted by Gasteiger charge is 2.14. The van der Waals surface area contributed by atoms with Crippen LogP contribution >= 0.6 is 0 Å². The van der Waals surface area contributed by atoms with E-state index in [4.69, 9.17) is 9.72 Å². The number of carbonyl (C=O) groups excluding carboxylic acids is 1. The molecule has 144 valence electrons. The Kier molecular flexibility index (Phi) is 6.37. The molecule has 0 aliphatic carbocycles. The molecule has 1 N–H and O–H groups in total. The van der Waals surface area contributed by atoms with Crippen molar-refractivity contribution in [1.82, 2.24) is 9.97 Å². The Bertz CT molecular complexity index is 922. The third kappa shape index (κ3) is 5.16. The molecule has 0 aliphatic heterocycles. The van der Waals surface area contributed by atoms with E-state index in [9.17, 15) is 4.79 Å². The summed E-state index contributed by atoms with van der Waals surface area (Å²) < 4.78 is 5.21. The monoisotopic (exact) mass is 375 g/mol. The van der Waals surface area contributed by atoms with Crippen LogP contribution < -0.4 is 10.1 Å². The molecule has 28 heavy (non-hydrogen) atoms. The van der Waals surface area contributed by atoms with E-state index >= 15 is 0 Å². The number of ether oxygens (including phenoxy) is 1. The Morgan fingerprint density at radius 3 is 2.43 bits per heavy atom. The van der Waals surface area contributed by atoms with E-state index in [0.717, 1.165) is 34.7 Å². The summed E-state index contributed by atoms with van der Waals surface area (Å²) in [4.78, 5) is 21.7. The SMILES string of the molecule is COc1ccc(-c2cnc(NC(=O)Cc3ccccc3)c(CC(C)C)n2)cc1. The molecule has 0 bridgehead atoms. The quantitative estimate of drug-likeness (QED) is 0.659. The third-order valence-corrected chi connectivity index (χ3v) is 4.30. The van der Waals surface area contributed by atoms with E-state index in [0.29, 0.717) is 18.2 Å². The number of nitrogens with one attached hydrogen (secondary N) is 1. The first-order chi connectivity index (χ1) is 13.5. The largest absolute Gasteiger partial charge is 0.497 e. The standard InChI is InChI=1S/C23H25N3O2/c1-16(2)13-20-23(26-22(27)14-17-7-5-4-6-8-17)24-15-21(25-20)18-9-11-19(28-3)12-10-18/h4-12,15-16H,13-14H2,1-3H3,(H,24,26,27). The molecule has 0 radical (unpaired) electrons. The maximum absolute atomic E-state index is 12.5. The minimum Gasteiger partial charge on any atom is -0.497 e. The lowest BCUT2D eigenvalue weighted by atomic mass is 10.1. The summed E-state index contributed by atoms with van der Waals surface area (Å²) in [6, 6.07) is 17.4.